The Kier molecular flexibility index (Phi) is 6.08. The Balaban J connectivity index is 1.88. The maximum atomic E-state index is 12.8. The van der Waals surface area contributed by atoms with E-state index in [1.807, 2.05) is 39.8 Å². The van der Waals surface area contributed by atoms with Gasteiger partial charge in [-0.2, -0.15) is 0 Å². The van der Waals surface area contributed by atoms with Gasteiger partial charge in [0, 0.05) is 32.7 Å². The lowest BCUT2D eigenvalue weighted by atomic mass is 9.77. The molecule has 7 nitrogen and oxygen atoms in total. The predicted molar refractivity (Wildman–Crippen MR) is 111 cm³/mol. The van der Waals surface area contributed by atoms with Crippen LogP contribution < -0.4 is 5.46 Å². The molecule has 2 aliphatic rings. The summed E-state index contributed by atoms with van der Waals surface area (Å²) in [6.07, 6.45) is 0.179. The zero-order valence-electron chi connectivity index (χ0n) is 18.3. The van der Waals surface area contributed by atoms with Crippen molar-refractivity contribution in [2.45, 2.75) is 45.3 Å². The molecule has 29 heavy (non-hydrogen) atoms. The van der Waals surface area contributed by atoms with Crippen LogP contribution in [0, 0.1) is 0 Å². The van der Waals surface area contributed by atoms with Crippen LogP contribution in [0.1, 0.15) is 43.6 Å². The van der Waals surface area contributed by atoms with Crippen molar-refractivity contribution in [1.29, 1.82) is 0 Å². The van der Waals surface area contributed by atoms with Gasteiger partial charge in [-0.3, -0.25) is 9.59 Å². The molecule has 3 rings (SSSR count). The van der Waals surface area contributed by atoms with E-state index in [-0.39, 0.29) is 18.2 Å². The quantitative estimate of drug-likeness (QED) is 0.706. The Labute approximate surface area is 173 Å². The van der Waals surface area contributed by atoms with Crippen molar-refractivity contribution < 1.29 is 23.6 Å². The molecule has 0 unspecified atom stereocenters. The van der Waals surface area contributed by atoms with Crippen molar-refractivity contribution in [3.8, 4) is 0 Å². The summed E-state index contributed by atoms with van der Waals surface area (Å²) in [5.74, 6) is -0.141. The highest BCUT2D eigenvalue weighted by molar-refractivity contribution is 6.62. The zero-order valence-corrected chi connectivity index (χ0v) is 18.3. The summed E-state index contributed by atoms with van der Waals surface area (Å²) in [6.45, 7) is 10.3. The summed E-state index contributed by atoms with van der Waals surface area (Å²) in [5.41, 5.74) is 1.06. The van der Waals surface area contributed by atoms with Crippen molar-refractivity contribution in [3.05, 3.63) is 29.3 Å². The minimum Gasteiger partial charge on any atom is -0.399 e. The van der Waals surface area contributed by atoms with Gasteiger partial charge in [0.05, 0.1) is 30.8 Å². The normalized spacial score (nSPS) is 20.6. The van der Waals surface area contributed by atoms with Gasteiger partial charge in [0.2, 0.25) is 5.91 Å². The van der Waals surface area contributed by atoms with Crippen LogP contribution in [0.15, 0.2) is 18.2 Å². The highest BCUT2D eigenvalue weighted by Gasteiger charge is 2.51. The van der Waals surface area contributed by atoms with Gasteiger partial charge >= 0.3 is 7.12 Å². The second kappa shape index (κ2) is 8.09. The summed E-state index contributed by atoms with van der Waals surface area (Å²) < 4.78 is 17.6. The first kappa shape index (κ1) is 21.8. The fourth-order valence-electron chi connectivity index (χ4n) is 3.40. The molecule has 0 saturated carbocycles. The number of rotatable bonds is 4. The molecule has 0 radical (unpaired) electrons. The van der Waals surface area contributed by atoms with E-state index in [2.05, 4.69) is 0 Å². The molecule has 1 aromatic carbocycles. The van der Waals surface area contributed by atoms with Gasteiger partial charge in [-0.1, -0.05) is 12.1 Å². The largest absolute Gasteiger partial charge is 0.494 e. The van der Waals surface area contributed by atoms with Crippen LogP contribution >= 0.6 is 0 Å². The molecule has 0 aromatic heterocycles. The molecule has 158 valence electrons. The third-order valence-corrected chi connectivity index (χ3v) is 6.00. The highest BCUT2D eigenvalue weighted by atomic mass is 16.7. The van der Waals surface area contributed by atoms with Crippen molar-refractivity contribution in [2.75, 3.05) is 40.4 Å². The molecule has 0 bridgehead atoms. The average Bonchev–Trinajstić information content (AvgIpc) is 2.89. The van der Waals surface area contributed by atoms with Crippen LogP contribution in [0.3, 0.4) is 0 Å². The first-order valence-electron chi connectivity index (χ1n) is 10.1. The number of carbonyl (C=O) groups excluding carboxylic acids is 2. The summed E-state index contributed by atoms with van der Waals surface area (Å²) in [5, 5.41) is 0. The van der Waals surface area contributed by atoms with Gasteiger partial charge < -0.3 is 23.8 Å². The predicted octanol–water partition coefficient (Wildman–Crippen LogP) is 1.09. The summed E-state index contributed by atoms with van der Waals surface area (Å²) >= 11 is 0. The summed E-state index contributed by atoms with van der Waals surface area (Å²) in [6, 6.07) is 5.53. The van der Waals surface area contributed by atoms with Crippen LogP contribution in [0.4, 0.5) is 0 Å². The smallest absolute Gasteiger partial charge is 0.399 e. The standard InChI is InChI=1S/C21H31BN2O5/c1-20(2)21(3,4)29-22(28-20)16-8-7-15(17(14-16)19(26)23(5)6)13-18(25)24-9-11-27-12-10-24/h7-8,14H,9-13H2,1-6H3. The first-order chi connectivity index (χ1) is 13.5. The van der Waals surface area contributed by atoms with Crippen LogP contribution in [-0.4, -0.2) is 80.3 Å². The second-order valence-corrected chi connectivity index (χ2v) is 8.87. The molecule has 0 spiro atoms. The lowest BCUT2D eigenvalue weighted by Gasteiger charge is -2.32. The number of nitrogens with zero attached hydrogens (tertiary/aromatic N) is 2. The van der Waals surface area contributed by atoms with E-state index in [0.29, 0.717) is 37.4 Å². The third-order valence-electron chi connectivity index (χ3n) is 6.00. The number of benzene rings is 1. The maximum absolute atomic E-state index is 12.8. The number of hydrogen-bond acceptors (Lipinski definition) is 5. The molecule has 0 aliphatic carbocycles. The van der Waals surface area contributed by atoms with Gasteiger partial charge in [0.25, 0.3) is 5.91 Å². The first-order valence-corrected chi connectivity index (χ1v) is 10.1. The Hall–Kier alpha value is -1.90. The molecule has 1 aromatic rings. The number of ether oxygens (including phenoxy) is 1. The Morgan fingerprint density at radius 2 is 1.66 bits per heavy atom. The molecule has 0 N–H and O–H groups in total. The Morgan fingerprint density at radius 3 is 2.21 bits per heavy atom. The van der Waals surface area contributed by atoms with Gasteiger partial charge in [0.1, 0.15) is 0 Å². The molecule has 2 heterocycles. The van der Waals surface area contributed by atoms with E-state index < -0.39 is 18.3 Å². The van der Waals surface area contributed by atoms with Crippen LogP contribution in [0.25, 0.3) is 0 Å². The van der Waals surface area contributed by atoms with Gasteiger partial charge in [0.15, 0.2) is 0 Å². The van der Waals surface area contributed by atoms with E-state index in [0.717, 1.165) is 5.46 Å². The minimum absolute atomic E-state index is 0.00416. The lowest BCUT2D eigenvalue weighted by Crippen LogP contribution is -2.42. The second-order valence-electron chi connectivity index (χ2n) is 8.87. The number of carbonyl (C=O) groups is 2. The Morgan fingerprint density at radius 1 is 1.07 bits per heavy atom. The maximum Gasteiger partial charge on any atom is 0.494 e. The minimum atomic E-state index is -0.558. The van der Waals surface area contributed by atoms with Crippen molar-refractivity contribution in [2.24, 2.45) is 0 Å². The molecule has 2 fully saturated rings. The van der Waals surface area contributed by atoms with Gasteiger partial charge in [-0.15, -0.1) is 0 Å². The van der Waals surface area contributed by atoms with Crippen molar-refractivity contribution in [1.82, 2.24) is 9.80 Å². The molecule has 2 aliphatic heterocycles. The SMILES string of the molecule is CN(C)C(=O)c1cc(B2OC(C)(C)C(C)(C)O2)ccc1CC(=O)N1CCOCC1. The van der Waals surface area contributed by atoms with Crippen LogP contribution in [0.5, 0.6) is 0 Å². The average molecular weight is 402 g/mol. The van der Waals surface area contributed by atoms with Crippen molar-refractivity contribution in [3.63, 3.8) is 0 Å². The van der Waals surface area contributed by atoms with Crippen molar-refractivity contribution >= 4 is 24.4 Å². The van der Waals surface area contributed by atoms with E-state index in [4.69, 9.17) is 14.0 Å². The van der Waals surface area contributed by atoms with E-state index in [9.17, 15) is 9.59 Å². The molecular weight excluding hydrogens is 371 g/mol. The van der Waals surface area contributed by atoms with Gasteiger partial charge in [-0.25, -0.2) is 0 Å². The van der Waals surface area contributed by atoms with Crippen LogP contribution in [-0.2, 0) is 25.3 Å². The number of amides is 2. The molecule has 2 saturated heterocycles. The monoisotopic (exact) mass is 402 g/mol. The van der Waals surface area contributed by atoms with E-state index in [1.165, 1.54) is 4.90 Å². The topological polar surface area (TPSA) is 68.3 Å². The third kappa shape index (κ3) is 4.49. The lowest BCUT2D eigenvalue weighted by molar-refractivity contribution is -0.134. The highest BCUT2D eigenvalue weighted by Crippen LogP contribution is 2.36. The van der Waals surface area contributed by atoms with Gasteiger partial charge in [-0.05, 0) is 44.8 Å². The molecule has 0 atom stereocenters. The fraction of sp³-hybridized carbons (Fsp3) is 0.619. The zero-order chi connectivity index (χ0) is 21.4. The molecule has 2 amide bonds. The number of morpholine rings is 1. The van der Waals surface area contributed by atoms with Crippen LogP contribution in [0.2, 0.25) is 0 Å². The van der Waals surface area contributed by atoms with E-state index in [1.54, 1.807) is 25.1 Å². The Bertz CT molecular complexity index is 771. The molecular formula is C21H31BN2O5. The summed E-state index contributed by atoms with van der Waals surface area (Å²) in [7, 11) is 2.85. The fourth-order valence-corrected chi connectivity index (χ4v) is 3.40. The van der Waals surface area contributed by atoms with E-state index >= 15 is 0 Å². The summed E-state index contributed by atoms with van der Waals surface area (Å²) in [4.78, 5) is 28.9. The molecule has 8 heteroatoms. The number of hydrogen-bond donors (Lipinski definition) is 0.